The van der Waals surface area contributed by atoms with E-state index in [0.717, 1.165) is 49.6 Å². The first-order valence-corrected chi connectivity index (χ1v) is 11.9. The van der Waals surface area contributed by atoms with Gasteiger partial charge in [-0.15, -0.1) is 5.10 Å². The molecule has 1 fully saturated rings. The van der Waals surface area contributed by atoms with Crippen LogP contribution in [0.15, 0.2) is 48.5 Å². The van der Waals surface area contributed by atoms with Gasteiger partial charge in [-0.2, -0.15) is 0 Å². The SMILES string of the molecule is Cc1c(C(=O)NCc2cccc(OCCN(C)C3CCOCC3)c2)nnn1-c1cccc(Cl)c1. The quantitative estimate of drug-likeness (QED) is 0.500. The van der Waals surface area contributed by atoms with Gasteiger partial charge in [-0.25, -0.2) is 4.68 Å². The minimum Gasteiger partial charge on any atom is -0.492 e. The number of aromatic nitrogens is 3. The smallest absolute Gasteiger partial charge is 0.274 e. The third kappa shape index (κ3) is 6.14. The van der Waals surface area contributed by atoms with Crippen molar-refractivity contribution in [1.29, 1.82) is 0 Å². The molecule has 1 aliphatic rings. The van der Waals surface area contributed by atoms with Crippen molar-refractivity contribution in [2.45, 2.75) is 32.4 Å². The standard InChI is InChI=1S/C25H30ClN5O3/c1-18-24(28-29-31(18)22-7-4-6-20(26)16-22)25(32)27-17-19-5-3-8-23(15-19)34-14-11-30(2)21-9-12-33-13-10-21/h3-8,15-16,21H,9-14,17H2,1-2H3,(H,27,32). The monoisotopic (exact) mass is 483 g/mol. The fraction of sp³-hybridized carbons (Fsp3) is 0.400. The third-order valence-electron chi connectivity index (χ3n) is 6.04. The predicted molar refractivity (Wildman–Crippen MR) is 131 cm³/mol. The van der Waals surface area contributed by atoms with E-state index >= 15 is 0 Å². The molecule has 0 spiro atoms. The lowest BCUT2D eigenvalue weighted by molar-refractivity contribution is 0.0392. The largest absolute Gasteiger partial charge is 0.492 e. The summed E-state index contributed by atoms with van der Waals surface area (Å²) in [6.45, 7) is 5.30. The van der Waals surface area contributed by atoms with Crippen molar-refractivity contribution >= 4 is 17.5 Å². The zero-order valence-electron chi connectivity index (χ0n) is 19.5. The summed E-state index contributed by atoms with van der Waals surface area (Å²) in [4.78, 5) is 15.1. The van der Waals surface area contributed by atoms with E-state index in [4.69, 9.17) is 21.1 Å². The average molecular weight is 484 g/mol. The molecule has 0 aliphatic carbocycles. The Morgan fingerprint density at radius 2 is 2.03 bits per heavy atom. The van der Waals surface area contributed by atoms with Gasteiger partial charge in [0.25, 0.3) is 5.91 Å². The normalized spacial score (nSPS) is 14.4. The summed E-state index contributed by atoms with van der Waals surface area (Å²) in [5, 5.41) is 11.7. The van der Waals surface area contributed by atoms with Gasteiger partial charge in [0.1, 0.15) is 12.4 Å². The maximum Gasteiger partial charge on any atom is 0.274 e. The molecule has 0 atom stereocenters. The first-order valence-electron chi connectivity index (χ1n) is 11.5. The van der Waals surface area contributed by atoms with Gasteiger partial charge >= 0.3 is 0 Å². The van der Waals surface area contributed by atoms with Gasteiger partial charge in [0.05, 0.1) is 11.4 Å². The highest BCUT2D eigenvalue weighted by atomic mass is 35.5. The zero-order chi connectivity index (χ0) is 23.9. The molecule has 0 unspecified atom stereocenters. The van der Waals surface area contributed by atoms with Crippen molar-refractivity contribution in [3.63, 3.8) is 0 Å². The highest BCUT2D eigenvalue weighted by Gasteiger charge is 2.19. The Balaban J connectivity index is 1.29. The van der Waals surface area contributed by atoms with Crippen molar-refractivity contribution in [2.24, 2.45) is 0 Å². The highest BCUT2D eigenvalue weighted by Crippen LogP contribution is 2.18. The summed E-state index contributed by atoms with van der Waals surface area (Å²) >= 11 is 6.07. The summed E-state index contributed by atoms with van der Waals surface area (Å²) in [5.41, 5.74) is 2.63. The number of hydrogen-bond donors (Lipinski definition) is 1. The van der Waals surface area contributed by atoms with Crippen LogP contribution in [0.3, 0.4) is 0 Å². The number of rotatable bonds is 9. The van der Waals surface area contributed by atoms with Crippen LogP contribution in [-0.2, 0) is 11.3 Å². The van der Waals surface area contributed by atoms with E-state index in [1.165, 1.54) is 0 Å². The van der Waals surface area contributed by atoms with Crippen LogP contribution >= 0.6 is 11.6 Å². The maximum absolute atomic E-state index is 12.7. The Morgan fingerprint density at radius 3 is 2.82 bits per heavy atom. The molecule has 1 aromatic heterocycles. The zero-order valence-corrected chi connectivity index (χ0v) is 20.3. The van der Waals surface area contributed by atoms with E-state index in [9.17, 15) is 4.79 Å². The van der Waals surface area contributed by atoms with Gasteiger partial charge in [-0.3, -0.25) is 9.69 Å². The molecule has 180 valence electrons. The highest BCUT2D eigenvalue weighted by molar-refractivity contribution is 6.30. The second-order valence-electron chi connectivity index (χ2n) is 8.42. The van der Waals surface area contributed by atoms with E-state index in [2.05, 4.69) is 27.6 Å². The number of nitrogens with zero attached hydrogens (tertiary/aromatic N) is 4. The fourth-order valence-electron chi connectivity index (χ4n) is 4.02. The summed E-state index contributed by atoms with van der Waals surface area (Å²) < 4.78 is 13.0. The molecule has 0 bridgehead atoms. The van der Waals surface area contributed by atoms with Crippen LogP contribution in [0.1, 0.15) is 34.6 Å². The van der Waals surface area contributed by atoms with Crippen LogP contribution in [0.2, 0.25) is 5.02 Å². The van der Waals surface area contributed by atoms with Crippen molar-refractivity contribution in [3.8, 4) is 11.4 Å². The summed E-state index contributed by atoms with van der Waals surface area (Å²) in [6.07, 6.45) is 2.13. The van der Waals surface area contributed by atoms with Crippen LogP contribution < -0.4 is 10.1 Å². The molecular weight excluding hydrogens is 454 g/mol. The van der Waals surface area contributed by atoms with Gasteiger partial charge in [-0.05, 0) is 62.7 Å². The minimum atomic E-state index is -0.282. The Morgan fingerprint density at radius 1 is 1.24 bits per heavy atom. The lowest BCUT2D eigenvalue weighted by Gasteiger charge is -2.31. The van der Waals surface area contributed by atoms with Crippen molar-refractivity contribution in [3.05, 3.63) is 70.5 Å². The number of nitrogens with one attached hydrogen (secondary N) is 1. The Hall–Kier alpha value is -2.94. The van der Waals surface area contributed by atoms with Gasteiger partial charge in [-0.1, -0.05) is 35.0 Å². The molecule has 1 amide bonds. The molecule has 1 saturated heterocycles. The minimum absolute atomic E-state index is 0.281. The van der Waals surface area contributed by atoms with Crippen LogP contribution in [0.5, 0.6) is 5.75 Å². The summed E-state index contributed by atoms with van der Waals surface area (Å²) in [7, 11) is 2.13. The van der Waals surface area contributed by atoms with Crippen molar-refractivity contribution in [2.75, 3.05) is 33.4 Å². The topological polar surface area (TPSA) is 81.5 Å². The predicted octanol–water partition coefficient (Wildman–Crippen LogP) is 3.65. The molecule has 1 aliphatic heterocycles. The van der Waals surface area contributed by atoms with Gasteiger partial charge in [0.15, 0.2) is 5.69 Å². The Kier molecular flexibility index (Phi) is 8.16. The van der Waals surface area contributed by atoms with Crippen LogP contribution in [0, 0.1) is 6.92 Å². The van der Waals surface area contributed by atoms with Crippen molar-refractivity contribution < 1.29 is 14.3 Å². The molecule has 0 radical (unpaired) electrons. The molecule has 2 aromatic carbocycles. The van der Waals surface area contributed by atoms with Crippen LogP contribution in [0.25, 0.3) is 5.69 Å². The second-order valence-corrected chi connectivity index (χ2v) is 8.85. The fourth-order valence-corrected chi connectivity index (χ4v) is 4.20. The number of likely N-dealkylation sites (N-methyl/N-ethyl adjacent to an activating group) is 1. The number of carbonyl (C=O) groups excluding carboxylic acids is 1. The number of benzene rings is 2. The average Bonchev–Trinajstić information content (AvgIpc) is 3.24. The maximum atomic E-state index is 12.7. The molecule has 9 heteroatoms. The molecule has 3 aromatic rings. The third-order valence-corrected chi connectivity index (χ3v) is 6.28. The Bertz CT molecular complexity index is 1110. The molecule has 1 N–H and O–H groups in total. The van der Waals surface area contributed by atoms with E-state index in [1.807, 2.05) is 43.3 Å². The first-order chi connectivity index (χ1) is 16.5. The number of carbonyl (C=O) groups is 1. The first kappa shape index (κ1) is 24.2. The molecule has 34 heavy (non-hydrogen) atoms. The van der Waals surface area contributed by atoms with Gasteiger partial charge < -0.3 is 14.8 Å². The molecule has 8 nitrogen and oxygen atoms in total. The number of ether oxygens (including phenoxy) is 2. The van der Waals surface area contributed by atoms with E-state index in [1.54, 1.807) is 16.8 Å². The molecular formula is C25H30ClN5O3. The van der Waals surface area contributed by atoms with Gasteiger partial charge in [0.2, 0.25) is 0 Å². The number of hydrogen-bond acceptors (Lipinski definition) is 6. The number of amides is 1. The lowest BCUT2D eigenvalue weighted by Crippen LogP contribution is -2.38. The van der Waals surface area contributed by atoms with Crippen molar-refractivity contribution in [1.82, 2.24) is 25.2 Å². The number of halogens is 1. The molecule has 0 saturated carbocycles. The lowest BCUT2D eigenvalue weighted by atomic mass is 10.1. The molecule has 4 rings (SSSR count). The van der Waals surface area contributed by atoms with Crippen LogP contribution in [0.4, 0.5) is 0 Å². The van der Waals surface area contributed by atoms with Crippen LogP contribution in [-0.4, -0.2) is 65.3 Å². The Labute approximate surface area is 204 Å². The van der Waals surface area contributed by atoms with E-state index in [0.29, 0.717) is 29.9 Å². The van der Waals surface area contributed by atoms with Gasteiger partial charge in [0, 0.05) is 37.4 Å². The summed E-state index contributed by atoms with van der Waals surface area (Å²) in [6, 6.07) is 15.6. The van der Waals surface area contributed by atoms with E-state index < -0.39 is 0 Å². The molecule has 2 heterocycles. The van der Waals surface area contributed by atoms with E-state index in [-0.39, 0.29) is 11.6 Å². The second kappa shape index (κ2) is 11.5. The summed E-state index contributed by atoms with van der Waals surface area (Å²) in [5.74, 6) is 0.505.